The summed E-state index contributed by atoms with van der Waals surface area (Å²) in [6.07, 6.45) is 11.8. The minimum absolute atomic E-state index is 0.317. The lowest BCUT2D eigenvalue weighted by molar-refractivity contribution is 0.0566. The Morgan fingerprint density at radius 2 is 1.83 bits per heavy atom. The van der Waals surface area contributed by atoms with Crippen LogP contribution < -0.4 is 0 Å². The zero-order valence-corrected chi connectivity index (χ0v) is 15.0. The third-order valence-corrected chi connectivity index (χ3v) is 4.29. The molecule has 0 heterocycles. The van der Waals surface area contributed by atoms with Gasteiger partial charge < -0.3 is 9.84 Å². The van der Waals surface area contributed by atoms with Crippen molar-refractivity contribution in [1.82, 2.24) is 0 Å². The Morgan fingerprint density at radius 1 is 1.04 bits per heavy atom. The summed E-state index contributed by atoms with van der Waals surface area (Å²) < 4.78 is 5.82. The number of rotatable bonds is 10. The van der Waals surface area contributed by atoms with Gasteiger partial charge in [0.25, 0.3) is 0 Å². The number of ether oxygens (including phenoxy) is 1. The maximum Gasteiger partial charge on any atom is 0.116 e. The van der Waals surface area contributed by atoms with E-state index >= 15 is 0 Å². The molecule has 2 heteroatoms. The zero-order valence-electron chi connectivity index (χ0n) is 15.0. The fourth-order valence-electron chi connectivity index (χ4n) is 2.82. The minimum Gasteiger partial charge on any atom is -0.508 e. The van der Waals surface area contributed by atoms with E-state index in [4.69, 9.17) is 4.74 Å². The standard InChI is InChI=1S/C22H30O2/c1-3-4-8-15-24-18(2)9-6-5-7-10-19-11-12-21-17-22(23)14-13-20(21)16-19/h7,10-14,16-18,23H,3-6,8-9,15H2,1-2H3. The number of aromatic hydroxyl groups is 1. The highest BCUT2D eigenvalue weighted by molar-refractivity contribution is 5.85. The van der Waals surface area contributed by atoms with Crippen LogP contribution in [0.4, 0.5) is 0 Å². The number of phenolic OH excluding ortho intramolecular Hbond substituents is 1. The van der Waals surface area contributed by atoms with Crippen LogP contribution in [0.1, 0.15) is 57.9 Å². The highest BCUT2D eigenvalue weighted by Gasteiger charge is 2.01. The second kappa shape index (κ2) is 10.1. The lowest BCUT2D eigenvalue weighted by atomic mass is 10.1. The zero-order chi connectivity index (χ0) is 17.2. The van der Waals surface area contributed by atoms with Crippen molar-refractivity contribution in [2.75, 3.05) is 6.61 Å². The van der Waals surface area contributed by atoms with E-state index in [1.54, 1.807) is 12.1 Å². The second-order valence-corrected chi connectivity index (χ2v) is 6.51. The molecular formula is C22H30O2. The molecule has 0 aromatic heterocycles. The summed E-state index contributed by atoms with van der Waals surface area (Å²) in [5.41, 5.74) is 1.21. The summed E-state index contributed by atoms with van der Waals surface area (Å²) in [5, 5.41) is 11.7. The molecule has 1 unspecified atom stereocenters. The fraction of sp³-hybridized carbons (Fsp3) is 0.455. The van der Waals surface area contributed by atoms with E-state index in [1.807, 2.05) is 6.07 Å². The molecule has 0 aliphatic heterocycles. The van der Waals surface area contributed by atoms with Crippen molar-refractivity contribution in [3.63, 3.8) is 0 Å². The van der Waals surface area contributed by atoms with Crippen molar-refractivity contribution in [2.24, 2.45) is 0 Å². The van der Waals surface area contributed by atoms with E-state index in [0.29, 0.717) is 11.9 Å². The van der Waals surface area contributed by atoms with Gasteiger partial charge in [-0.15, -0.1) is 0 Å². The molecule has 0 aliphatic carbocycles. The van der Waals surface area contributed by atoms with Crippen LogP contribution in [0.5, 0.6) is 5.75 Å². The molecule has 24 heavy (non-hydrogen) atoms. The number of fused-ring (bicyclic) bond motifs is 1. The molecule has 0 spiro atoms. The third kappa shape index (κ3) is 6.37. The Kier molecular flexibility index (Phi) is 7.84. The smallest absolute Gasteiger partial charge is 0.116 e. The van der Waals surface area contributed by atoms with Crippen molar-refractivity contribution in [1.29, 1.82) is 0 Å². The quantitative estimate of drug-likeness (QED) is 0.517. The van der Waals surface area contributed by atoms with Crippen LogP contribution in [-0.4, -0.2) is 17.8 Å². The van der Waals surface area contributed by atoms with E-state index in [2.05, 4.69) is 44.2 Å². The van der Waals surface area contributed by atoms with Gasteiger partial charge in [0.15, 0.2) is 0 Å². The predicted molar refractivity (Wildman–Crippen MR) is 103 cm³/mol. The molecule has 0 radical (unpaired) electrons. The van der Waals surface area contributed by atoms with Crippen molar-refractivity contribution in [3.8, 4) is 5.75 Å². The molecule has 2 rings (SSSR count). The SMILES string of the molecule is CCCCCOC(C)CCCC=Cc1ccc2cc(O)ccc2c1. The van der Waals surface area contributed by atoms with E-state index in [0.717, 1.165) is 36.6 Å². The molecule has 0 aliphatic rings. The first kappa shape index (κ1) is 18.5. The largest absolute Gasteiger partial charge is 0.508 e. The summed E-state index contributed by atoms with van der Waals surface area (Å²) in [6.45, 7) is 5.29. The summed E-state index contributed by atoms with van der Waals surface area (Å²) in [4.78, 5) is 0. The lowest BCUT2D eigenvalue weighted by Gasteiger charge is -2.12. The molecule has 2 aromatic carbocycles. The Bertz CT molecular complexity index is 645. The van der Waals surface area contributed by atoms with E-state index in [9.17, 15) is 5.11 Å². The molecule has 0 bridgehead atoms. The second-order valence-electron chi connectivity index (χ2n) is 6.51. The number of allylic oxidation sites excluding steroid dienone is 1. The number of phenols is 1. The summed E-state index contributed by atoms with van der Waals surface area (Å²) >= 11 is 0. The van der Waals surface area contributed by atoms with Gasteiger partial charge in [0.2, 0.25) is 0 Å². The molecule has 2 aromatic rings. The third-order valence-electron chi connectivity index (χ3n) is 4.29. The molecule has 0 saturated carbocycles. The van der Waals surface area contributed by atoms with Gasteiger partial charge in [0, 0.05) is 6.61 Å². The van der Waals surface area contributed by atoms with Crippen LogP contribution in [0.25, 0.3) is 16.8 Å². The summed E-state index contributed by atoms with van der Waals surface area (Å²) in [5.74, 6) is 0.317. The van der Waals surface area contributed by atoms with Crippen LogP contribution in [0.15, 0.2) is 42.5 Å². The normalized spacial score (nSPS) is 12.9. The van der Waals surface area contributed by atoms with Crippen LogP contribution in [0.3, 0.4) is 0 Å². The minimum atomic E-state index is 0.317. The Balaban J connectivity index is 1.71. The topological polar surface area (TPSA) is 29.5 Å². The molecule has 1 atom stereocenters. The van der Waals surface area contributed by atoms with Gasteiger partial charge >= 0.3 is 0 Å². The van der Waals surface area contributed by atoms with E-state index < -0.39 is 0 Å². The van der Waals surface area contributed by atoms with Crippen molar-refractivity contribution in [3.05, 3.63) is 48.0 Å². The molecule has 130 valence electrons. The number of hydrogen-bond acceptors (Lipinski definition) is 2. The van der Waals surface area contributed by atoms with Gasteiger partial charge in [0.1, 0.15) is 5.75 Å². The fourth-order valence-corrected chi connectivity index (χ4v) is 2.82. The maximum atomic E-state index is 9.50. The van der Waals surface area contributed by atoms with Gasteiger partial charge in [-0.2, -0.15) is 0 Å². The van der Waals surface area contributed by atoms with Gasteiger partial charge in [-0.25, -0.2) is 0 Å². The van der Waals surface area contributed by atoms with E-state index in [1.165, 1.54) is 24.8 Å². The van der Waals surface area contributed by atoms with Gasteiger partial charge in [-0.05, 0) is 67.1 Å². The van der Waals surface area contributed by atoms with Crippen LogP contribution in [0, 0.1) is 0 Å². The van der Waals surface area contributed by atoms with Crippen molar-refractivity contribution in [2.45, 2.75) is 58.5 Å². The number of hydrogen-bond donors (Lipinski definition) is 1. The van der Waals surface area contributed by atoms with E-state index in [-0.39, 0.29) is 0 Å². The van der Waals surface area contributed by atoms with Gasteiger partial charge in [0.05, 0.1) is 6.10 Å². The molecule has 0 fully saturated rings. The lowest BCUT2D eigenvalue weighted by Crippen LogP contribution is -2.08. The molecular weight excluding hydrogens is 296 g/mol. The Morgan fingerprint density at radius 3 is 2.67 bits per heavy atom. The molecule has 1 N–H and O–H groups in total. The Hall–Kier alpha value is -1.80. The average Bonchev–Trinajstić information content (AvgIpc) is 2.58. The summed E-state index contributed by atoms with van der Waals surface area (Å²) in [6, 6.07) is 11.8. The van der Waals surface area contributed by atoms with Crippen LogP contribution in [-0.2, 0) is 4.74 Å². The number of unbranched alkanes of at least 4 members (excludes halogenated alkanes) is 3. The van der Waals surface area contributed by atoms with Crippen LogP contribution >= 0.6 is 0 Å². The first-order valence-electron chi connectivity index (χ1n) is 9.20. The maximum absolute atomic E-state index is 9.50. The molecule has 0 saturated heterocycles. The number of benzene rings is 2. The van der Waals surface area contributed by atoms with Crippen molar-refractivity contribution < 1.29 is 9.84 Å². The molecule has 0 amide bonds. The molecule has 2 nitrogen and oxygen atoms in total. The van der Waals surface area contributed by atoms with Crippen LogP contribution in [0.2, 0.25) is 0 Å². The predicted octanol–water partition coefficient (Wildman–Crippen LogP) is 6.32. The Labute approximate surface area is 146 Å². The van der Waals surface area contributed by atoms with Gasteiger partial charge in [-0.3, -0.25) is 0 Å². The highest BCUT2D eigenvalue weighted by atomic mass is 16.5. The highest BCUT2D eigenvalue weighted by Crippen LogP contribution is 2.21. The summed E-state index contributed by atoms with van der Waals surface area (Å²) in [7, 11) is 0. The first-order chi connectivity index (χ1) is 11.7. The van der Waals surface area contributed by atoms with Crippen molar-refractivity contribution >= 4 is 16.8 Å². The average molecular weight is 326 g/mol. The van der Waals surface area contributed by atoms with Gasteiger partial charge in [-0.1, -0.05) is 50.1 Å². The first-order valence-corrected chi connectivity index (χ1v) is 9.20. The monoisotopic (exact) mass is 326 g/mol.